The molecule has 3 aliphatic carbocycles. The van der Waals surface area contributed by atoms with Gasteiger partial charge in [0.05, 0.1) is 6.10 Å². The Morgan fingerprint density at radius 2 is 1.74 bits per heavy atom. The van der Waals surface area contributed by atoms with E-state index in [1.165, 1.54) is 72.1 Å². The first-order valence-corrected chi connectivity index (χ1v) is 18.3. The molecule has 2 atom stereocenters. The first-order chi connectivity index (χ1) is 22.9. The third-order valence-electron chi connectivity index (χ3n) is 10.4. The molecule has 5 rings (SSSR count). The van der Waals surface area contributed by atoms with Crippen molar-refractivity contribution in [3.8, 4) is 0 Å². The summed E-state index contributed by atoms with van der Waals surface area (Å²) in [5, 5.41) is 9.99. The molecule has 1 N–H and O–H groups in total. The average Bonchev–Trinajstić information content (AvgIpc) is 3.42. The van der Waals surface area contributed by atoms with Crippen LogP contribution in [0.1, 0.15) is 120 Å². The number of nitrogens with zero attached hydrogens (tertiary/aromatic N) is 2. The van der Waals surface area contributed by atoms with Crippen LogP contribution in [-0.2, 0) is 4.79 Å². The number of carbonyl (C=O) groups excluding carboxylic acids is 1. The molecule has 4 heteroatoms. The molecule has 1 aromatic carbocycles. The summed E-state index contributed by atoms with van der Waals surface area (Å²) in [5.74, 6) is 0.903. The van der Waals surface area contributed by atoms with E-state index in [0.29, 0.717) is 12.3 Å². The molecule has 0 saturated heterocycles. The molecular weight excluding hydrogens is 576 g/mol. The maximum absolute atomic E-state index is 13.3. The Labute approximate surface area is 284 Å². The zero-order valence-corrected chi connectivity index (χ0v) is 29.0. The van der Waals surface area contributed by atoms with E-state index in [4.69, 9.17) is 0 Å². The zero-order valence-electron chi connectivity index (χ0n) is 29.0. The molecule has 1 aromatic rings. The van der Waals surface area contributed by atoms with Crippen molar-refractivity contribution < 1.29 is 9.90 Å². The van der Waals surface area contributed by atoms with E-state index in [2.05, 4.69) is 84.1 Å². The van der Waals surface area contributed by atoms with E-state index in [9.17, 15) is 9.90 Å². The fourth-order valence-corrected chi connectivity index (χ4v) is 7.67. The second-order valence-corrected chi connectivity index (χ2v) is 13.9. The van der Waals surface area contributed by atoms with Crippen LogP contribution in [0.2, 0.25) is 0 Å². The van der Waals surface area contributed by atoms with Crippen LogP contribution in [0, 0.1) is 0 Å². The first kappa shape index (κ1) is 34.8. The number of aliphatic imine (C=N–C) groups is 1. The van der Waals surface area contributed by atoms with Crippen molar-refractivity contribution in [2.45, 2.75) is 115 Å². The molecular formula is C43H56N2O2. The van der Waals surface area contributed by atoms with Crippen LogP contribution in [0.3, 0.4) is 0 Å². The number of ketones is 1. The predicted octanol–water partition coefficient (Wildman–Crippen LogP) is 10.2. The molecule has 0 aromatic heterocycles. The highest BCUT2D eigenvalue weighted by molar-refractivity contribution is 5.96. The number of aliphatic hydroxyl groups is 1. The first-order valence-electron chi connectivity index (χ1n) is 18.3. The van der Waals surface area contributed by atoms with E-state index < -0.39 is 0 Å². The van der Waals surface area contributed by atoms with Crippen molar-refractivity contribution in [3.63, 3.8) is 0 Å². The maximum atomic E-state index is 13.3. The van der Waals surface area contributed by atoms with Gasteiger partial charge in [-0.15, -0.1) is 0 Å². The quantitative estimate of drug-likeness (QED) is 0.206. The third-order valence-corrected chi connectivity index (χ3v) is 10.4. The van der Waals surface area contributed by atoms with Gasteiger partial charge in [0.2, 0.25) is 0 Å². The van der Waals surface area contributed by atoms with Gasteiger partial charge in [0.1, 0.15) is 0 Å². The number of hydrogen-bond acceptors (Lipinski definition) is 4. The fourth-order valence-electron chi connectivity index (χ4n) is 7.67. The lowest BCUT2D eigenvalue weighted by atomic mass is 9.86. The van der Waals surface area contributed by atoms with Gasteiger partial charge in [0.25, 0.3) is 0 Å². The van der Waals surface area contributed by atoms with E-state index in [0.717, 1.165) is 75.6 Å². The fraction of sp³-hybridized carbons (Fsp3) is 0.488. The second-order valence-electron chi connectivity index (χ2n) is 13.9. The number of allylic oxidation sites excluding steroid dienone is 10. The van der Waals surface area contributed by atoms with E-state index in [-0.39, 0.29) is 11.9 Å². The Balaban J connectivity index is 1.26. The molecule has 250 valence electrons. The molecule has 0 saturated carbocycles. The van der Waals surface area contributed by atoms with Crippen molar-refractivity contribution in [1.29, 1.82) is 0 Å². The Kier molecular flexibility index (Phi) is 13.0. The van der Waals surface area contributed by atoms with Crippen LogP contribution in [0.5, 0.6) is 0 Å². The molecule has 1 heterocycles. The number of rotatable bonds is 10. The summed E-state index contributed by atoms with van der Waals surface area (Å²) in [6.45, 7) is 8.51. The molecule has 4 aliphatic rings. The second kappa shape index (κ2) is 17.6. The highest BCUT2D eigenvalue weighted by Crippen LogP contribution is 2.37. The molecule has 0 fully saturated rings. The van der Waals surface area contributed by atoms with Crippen LogP contribution < -0.4 is 0 Å². The van der Waals surface area contributed by atoms with E-state index >= 15 is 0 Å². The summed E-state index contributed by atoms with van der Waals surface area (Å²) in [7, 11) is 1.82. The smallest absolute Gasteiger partial charge is 0.162 e. The van der Waals surface area contributed by atoms with E-state index in [1.54, 1.807) is 5.57 Å². The third kappa shape index (κ3) is 9.76. The van der Waals surface area contributed by atoms with Gasteiger partial charge in [-0.3, -0.25) is 9.79 Å². The minimum absolute atomic E-state index is 0.235. The summed E-state index contributed by atoms with van der Waals surface area (Å²) in [6.07, 6.45) is 29.9. The lowest BCUT2D eigenvalue weighted by Gasteiger charge is -2.32. The molecule has 0 radical (unpaired) electrons. The van der Waals surface area contributed by atoms with Gasteiger partial charge in [-0.2, -0.15) is 0 Å². The van der Waals surface area contributed by atoms with Gasteiger partial charge in [-0.05, 0) is 129 Å². The van der Waals surface area contributed by atoms with Crippen LogP contribution in [-0.4, -0.2) is 48.2 Å². The number of Topliss-reactive ketones (excluding diaryl/α,β-unsaturated/α-hetero) is 1. The predicted molar refractivity (Wildman–Crippen MR) is 199 cm³/mol. The number of carbonyl (C=O) groups is 1. The van der Waals surface area contributed by atoms with Crippen molar-refractivity contribution in [1.82, 2.24) is 4.90 Å². The summed E-state index contributed by atoms with van der Waals surface area (Å²) in [4.78, 5) is 20.0. The molecule has 47 heavy (non-hydrogen) atoms. The van der Waals surface area contributed by atoms with Gasteiger partial charge in [0.15, 0.2) is 5.78 Å². The van der Waals surface area contributed by atoms with Crippen LogP contribution in [0.25, 0.3) is 5.57 Å². The molecule has 0 bridgehead atoms. The largest absolute Gasteiger partial charge is 0.393 e. The average molecular weight is 633 g/mol. The monoisotopic (exact) mass is 632 g/mol. The van der Waals surface area contributed by atoms with Crippen LogP contribution >= 0.6 is 0 Å². The van der Waals surface area contributed by atoms with Gasteiger partial charge in [0, 0.05) is 44.0 Å². The maximum Gasteiger partial charge on any atom is 0.162 e. The summed E-state index contributed by atoms with van der Waals surface area (Å²) < 4.78 is 0. The van der Waals surface area contributed by atoms with Gasteiger partial charge >= 0.3 is 0 Å². The Bertz CT molecular complexity index is 1480. The van der Waals surface area contributed by atoms with Gasteiger partial charge in [-0.25, -0.2) is 0 Å². The Morgan fingerprint density at radius 1 is 0.957 bits per heavy atom. The number of aliphatic hydroxyl groups excluding tert-OH is 1. The molecule has 0 spiro atoms. The minimum Gasteiger partial charge on any atom is -0.393 e. The normalized spacial score (nSPS) is 24.6. The lowest BCUT2D eigenvalue weighted by molar-refractivity contribution is -0.115. The standard InChI is InChI=1S/C43H56N2O2/c1-4-9-33-10-5-12-35(20-17-33)36-21-23-37(24-22-36)39-19-16-32(2)41(31-39)42(26-27-44-3)45-28-7-13-38(14-8-29-45)43(47)30-34-11-6-15-40(46)25-18-34/h10-11,13,19,21-24,26-27,31,35,40,46H,2,4-9,12,14-18,20,25,28-30H2,1,3H3/b38-13-,42-26+,44-27-. The molecule has 4 nitrogen and oxygen atoms in total. The summed E-state index contributed by atoms with van der Waals surface area (Å²) in [5.41, 5.74) is 11.3. The molecule has 1 aliphatic heterocycles. The molecule has 2 unspecified atom stereocenters. The number of benzene rings is 1. The topological polar surface area (TPSA) is 52.9 Å². The SMILES string of the molecule is C=C1CC=C(c2ccc(C3CCC=C(CCC)CC3)cc2)C=C1/C(=C\C=N/C)N1CC/C=C(\C(=O)CC2=CCCC(O)CC2)CCC1. The van der Waals surface area contributed by atoms with Gasteiger partial charge in [-0.1, -0.05) is 79.6 Å². The van der Waals surface area contributed by atoms with E-state index in [1.807, 2.05) is 13.3 Å². The summed E-state index contributed by atoms with van der Waals surface area (Å²) in [6, 6.07) is 9.36. The van der Waals surface area contributed by atoms with Crippen LogP contribution in [0.15, 0.2) is 106 Å². The highest BCUT2D eigenvalue weighted by atomic mass is 16.3. The Hall–Kier alpha value is -3.50. The summed E-state index contributed by atoms with van der Waals surface area (Å²) >= 11 is 0. The van der Waals surface area contributed by atoms with Crippen molar-refractivity contribution in [3.05, 3.63) is 112 Å². The highest BCUT2D eigenvalue weighted by Gasteiger charge is 2.22. The lowest BCUT2D eigenvalue weighted by Crippen LogP contribution is -2.29. The molecule has 0 amide bonds. The zero-order chi connectivity index (χ0) is 33.0. The Morgan fingerprint density at radius 3 is 2.55 bits per heavy atom. The van der Waals surface area contributed by atoms with Crippen LogP contribution in [0.4, 0.5) is 0 Å². The number of hydrogen-bond donors (Lipinski definition) is 1. The van der Waals surface area contributed by atoms with Crippen molar-refractivity contribution in [2.24, 2.45) is 4.99 Å². The van der Waals surface area contributed by atoms with Gasteiger partial charge < -0.3 is 10.0 Å². The van der Waals surface area contributed by atoms with Crippen molar-refractivity contribution in [2.75, 3.05) is 20.1 Å². The minimum atomic E-state index is -0.235. The van der Waals surface area contributed by atoms with Crippen molar-refractivity contribution >= 4 is 17.6 Å².